The van der Waals surface area contributed by atoms with Gasteiger partial charge in [0.05, 0.1) is 0 Å². The molecule has 136 valence electrons. The lowest BCUT2D eigenvalue weighted by molar-refractivity contribution is 0.463. The number of anilines is 1. The second-order valence-electron chi connectivity index (χ2n) is 7.13. The molecule has 1 atom stereocenters. The molecule has 0 amide bonds. The Balaban J connectivity index is 1.76. The number of aromatic nitrogens is 4. The first kappa shape index (κ1) is 17.9. The van der Waals surface area contributed by atoms with E-state index in [9.17, 15) is 0 Å². The van der Waals surface area contributed by atoms with E-state index < -0.39 is 0 Å². The van der Waals surface area contributed by atoms with Crippen LogP contribution in [-0.4, -0.2) is 32.6 Å². The third-order valence-corrected chi connectivity index (χ3v) is 4.99. The van der Waals surface area contributed by atoms with Crippen molar-refractivity contribution >= 4 is 5.82 Å². The molecule has 1 aliphatic rings. The lowest BCUT2D eigenvalue weighted by Crippen LogP contribution is -2.36. The van der Waals surface area contributed by atoms with Crippen LogP contribution in [0.15, 0.2) is 18.5 Å². The highest BCUT2D eigenvalue weighted by Gasteiger charge is 2.25. The van der Waals surface area contributed by atoms with Crippen molar-refractivity contribution in [2.24, 2.45) is 0 Å². The summed E-state index contributed by atoms with van der Waals surface area (Å²) in [5.74, 6) is 3.71. The van der Waals surface area contributed by atoms with E-state index in [1.807, 2.05) is 13.1 Å². The molecule has 0 aliphatic carbocycles. The molecule has 1 aliphatic heterocycles. The second-order valence-corrected chi connectivity index (χ2v) is 7.13. The number of hydrogen-bond acceptors (Lipinski definition) is 4. The van der Waals surface area contributed by atoms with Crippen molar-refractivity contribution in [3.8, 4) is 0 Å². The molecule has 3 heterocycles. The van der Waals surface area contributed by atoms with Crippen molar-refractivity contribution in [1.82, 2.24) is 19.5 Å². The third kappa shape index (κ3) is 4.39. The fourth-order valence-corrected chi connectivity index (χ4v) is 3.75. The van der Waals surface area contributed by atoms with Crippen LogP contribution in [0.25, 0.3) is 0 Å². The van der Waals surface area contributed by atoms with Gasteiger partial charge in [-0.1, -0.05) is 26.7 Å². The Morgan fingerprint density at radius 3 is 2.88 bits per heavy atom. The summed E-state index contributed by atoms with van der Waals surface area (Å²) in [6.07, 6.45) is 11.1. The zero-order valence-electron chi connectivity index (χ0n) is 15.9. The van der Waals surface area contributed by atoms with Crippen LogP contribution in [0.3, 0.4) is 0 Å². The summed E-state index contributed by atoms with van der Waals surface area (Å²) in [5.41, 5.74) is 1.16. The lowest BCUT2D eigenvalue weighted by Gasteiger charge is -2.33. The number of piperidine rings is 1. The summed E-state index contributed by atoms with van der Waals surface area (Å²) in [6, 6.07) is 2.18. The molecule has 5 nitrogen and oxygen atoms in total. The van der Waals surface area contributed by atoms with Gasteiger partial charge in [-0.25, -0.2) is 15.0 Å². The zero-order valence-corrected chi connectivity index (χ0v) is 15.9. The highest BCUT2D eigenvalue weighted by atomic mass is 15.2. The summed E-state index contributed by atoms with van der Waals surface area (Å²) in [5, 5.41) is 0. The highest BCUT2D eigenvalue weighted by Crippen LogP contribution is 2.29. The summed E-state index contributed by atoms with van der Waals surface area (Å²) in [7, 11) is 0. The number of rotatable bonds is 7. The molecule has 0 radical (unpaired) electrons. The maximum atomic E-state index is 4.72. The van der Waals surface area contributed by atoms with Gasteiger partial charge in [-0.2, -0.15) is 0 Å². The molecular weight excluding hydrogens is 310 g/mol. The van der Waals surface area contributed by atoms with Crippen molar-refractivity contribution < 1.29 is 0 Å². The monoisotopic (exact) mass is 341 g/mol. The van der Waals surface area contributed by atoms with E-state index in [0.29, 0.717) is 5.92 Å². The van der Waals surface area contributed by atoms with Gasteiger partial charge in [0.15, 0.2) is 0 Å². The minimum Gasteiger partial charge on any atom is -0.356 e. The second kappa shape index (κ2) is 8.45. The molecule has 3 rings (SSSR count). The fourth-order valence-electron chi connectivity index (χ4n) is 3.75. The Labute approximate surface area is 151 Å². The van der Waals surface area contributed by atoms with Crippen molar-refractivity contribution in [3.63, 3.8) is 0 Å². The van der Waals surface area contributed by atoms with Crippen LogP contribution in [0.5, 0.6) is 0 Å². The largest absolute Gasteiger partial charge is 0.356 e. The average Bonchev–Trinajstić information content (AvgIpc) is 3.08. The predicted molar refractivity (Wildman–Crippen MR) is 102 cm³/mol. The standard InChI is InChI=1S/C20H31N5/c1-4-6-11-24-13-10-21-20(24)17-9-7-12-25(15-17)19-14-18(8-5-2)22-16(3)23-19/h10,13-14,17H,4-9,11-12,15H2,1-3H3/t17-/m0/s1. The Hall–Kier alpha value is -1.91. The van der Waals surface area contributed by atoms with Crippen LogP contribution in [0, 0.1) is 6.92 Å². The van der Waals surface area contributed by atoms with Gasteiger partial charge in [0.1, 0.15) is 17.5 Å². The van der Waals surface area contributed by atoms with Crippen molar-refractivity contribution in [2.45, 2.75) is 71.8 Å². The Morgan fingerprint density at radius 1 is 1.20 bits per heavy atom. The van der Waals surface area contributed by atoms with Gasteiger partial charge in [-0.3, -0.25) is 0 Å². The molecule has 1 fully saturated rings. The first-order valence-electron chi connectivity index (χ1n) is 9.81. The Bertz CT molecular complexity index is 678. The van der Waals surface area contributed by atoms with Crippen LogP contribution in [0.2, 0.25) is 0 Å². The molecule has 0 spiro atoms. The summed E-state index contributed by atoms with van der Waals surface area (Å²) >= 11 is 0. The molecule has 0 unspecified atom stereocenters. The molecule has 0 aromatic carbocycles. The van der Waals surface area contributed by atoms with Crippen LogP contribution in [-0.2, 0) is 13.0 Å². The van der Waals surface area contributed by atoms with Crippen molar-refractivity contribution in [1.29, 1.82) is 0 Å². The van der Waals surface area contributed by atoms with Crippen LogP contribution in [0.4, 0.5) is 5.82 Å². The van der Waals surface area contributed by atoms with Gasteiger partial charge in [-0.15, -0.1) is 0 Å². The third-order valence-electron chi connectivity index (χ3n) is 4.99. The average molecular weight is 342 g/mol. The van der Waals surface area contributed by atoms with Crippen molar-refractivity contribution in [2.75, 3.05) is 18.0 Å². The van der Waals surface area contributed by atoms with E-state index in [4.69, 9.17) is 4.98 Å². The van der Waals surface area contributed by atoms with Gasteiger partial charge < -0.3 is 9.47 Å². The Morgan fingerprint density at radius 2 is 2.08 bits per heavy atom. The Kier molecular flexibility index (Phi) is 6.05. The van der Waals surface area contributed by atoms with Gasteiger partial charge in [0.2, 0.25) is 0 Å². The van der Waals surface area contributed by atoms with E-state index in [1.54, 1.807) is 0 Å². The van der Waals surface area contributed by atoms with Gasteiger partial charge in [0, 0.05) is 49.7 Å². The summed E-state index contributed by atoms with van der Waals surface area (Å²) in [4.78, 5) is 16.4. The van der Waals surface area contributed by atoms with Gasteiger partial charge in [-0.05, 0) is 32.6 Å². The van der Waals surface area contributed by atoms with E-state index in [1.165, 1.54) is 31.5 Å². The smallest absolute Gasteiger partial charge is 0.132 e. The molecule has 2 aromatic rings. The van der Waals surface area contributed by atoms with Crippen LogP contribution in [0.1, 0.15) is 69.2 Å². The first-order chi connectivity index (χ1) is 12.2. The molecule has 1 saturated heterocycles. The lowest BCUT2D eigenvalue weighted by atomic mass is 9.97. The number of aryl methyl sites for hydroxylation is 3. The maximum Gasteiger partial charge on any atom is 0.132 e. The maximum absolute atomic E-state index is 4.72. The fraction of sp³-hybridized carbons (Fsp3) is 0.650. The number of imidazole rings is 1. The number of nitrogens with zero attached hydrogens (tertiary/aromatic N) is 5. The molecule has 0 saturated carbocycles. The predicted octanol–water partition coefficient (Wildman–Crippen LogP) is 4.12. The topological polar surface area (TPSA) is 46.8 Å². The SMILES string of the molecule is CCCCn1ccnc1[C@H]1CCCN(c2cc(CCC)nc(C)n2)C1. The first-order valence-corrected chi connectivity index (χ1v) is 9.81. The molecule has 2 aromatic heterocycles. The normalized spacial score (nSPS) is 17.9. The minimum atomic E-state index is 0.491. The van der Waals surface area contributed by atoms with E-state index >= 15 is 0 Å². The number of unbranched alkanes of at least 4 members (excludes halogenated alkanes) is 1. The summed E-state index contributed by atoms with van der Waals surface area (Å²) in [6.45, 7) is 9.60. The van der Waals surface area contributed by atoms with Crippen LogP contribution >= 0.6 is 0 Å². The molecular formula is C20H31N5. The minimum absolute atomic E-state index is 0.491. The number of hydrogen-bond donors (Lipinski definition) is 0. The van der Waals surface area contributed by atoms with E-state index in [0.717, 1.165) is 49.8 Å². The van der Waals surface area contributed by atoms with E-state index in [2.05, 4.69) is 45.5 Å². The van der Waals surface area contributed by atoms with Gasteiger partial charge >= 0.3 is 0 Å². The molecule has 0 bridgehead atoms. The zero-order chi connectivity index (χ0) is 17.6. The quantitative estimate of drug-likeness (QED) is 0.760. The molecule has 25 heavy (non-hydrogen) atoms. The van der Waals surface area contributed by atoms with Gasteiger partial charge in [0.25, 0.3) is 0 Å². The molecule has 5 heteroatoms. The van der Waals surface area contributed by atoms with E-state index in [-0.39, 0.29) is 0 Å². The van der Waals surface area contributed by atoms with Crippen LogP contribution < -0.4 is 4.90 Å². The summed E-state index contributed by atoms with van der Waals surface area (Å²) < 4.78 is 2.35. The van der Waals surface area contributed by atoms with Crippen molar-refractivity contribution in [3.05, 3.63) is 35.8 Å². The molecule has 0 N–H and O–H groups in total. The highest BCUT2D eigenvalue weighted by molar-refractivity contribution is 5.41.